The molecular formula is C18H18BrN3O5. The number of nitrogens with one attached hydrogen (secondary N) is 2. The van der Waals surface area contributed by atoms with Crippen molar-refractivity contribution in [2.75, 3.05) is 19.0 Å². The smallest absolute Gasteiger partial charge is 0.329 e. The molecule has 2 rings (SSSR count). The minimum absolute atomic E-state index is 0.0331. The quantitative estimate of drug-likeness (QED) is 0.367. The van der Waals surface area contributed by atoms with Crippen LogP contribution in [-0.2, 0) is 9.59 Å². The van der Waals surface area contributed by atoms with Gasteiger partial charge in [0.05, 0.1) is 30.1 Å². The number of hydrogen-bond acceptors (Lipinski definition) is 6. The normalized spacial score (nSPS) is 10.5. The van der Waals surface area contributed by atoms with Gasteiger partial charge >= 0.3 is 11.8 Å². The number of methoxy groups -OCH3 is 1. The highest BCUT2D eigenvalue weighted by Gasteiger charge is 2.15. The summed E-state index contributed by atoms with van der Waals surface area (Å²) in [5, 5.41) is 16.1. The van der Waals surface area contributed by atoms with E-state index in [0.717, 1.165) is 0 Å². The Kier molecular flexibility index (Phi) is 7.18. The van der Waals surface area contributed by atoms with E-state index in [-0.39, 0.29) is 11.5 Å². The van der Waals surface area contributed by atoms with E-state index in [9.17, 15) is 14.7 Å². The number of phenolic OH excluding ortho intramolecular Hbond substituents is 1. The van der Waals surface area contributed by atoms with Gasteiger partial charge in [-0.3, -0.25) is 9.59 Å². The average molecular weight is 436 g/mol. The fraction of sp³-hybridized carbons (Fsp3) is 0.167. The summed E-state index contributed by atoms with van der Waals surface area (Å²) in [7, 11) is 1.46. The third kappa shape index (κ3) is 5.45. The van der Waals surface area contributed by atoms with Crippen molar-refractivity contribution in [1.82, 2.24) is 5.43 Å². The summed E-state index contributed by atoms with van der Waals surface area (Å²) in [6, 6.07) is 9.84. The highest BCUT2D eigenvalue weighted by Crippen LogP contribution is 2.35. The van der Waals surface area contributed by atoms with Crippen LogP contribution in [0.1, 0.15) is 12.5 Å². The fourth-order valence-corrected chi connectivity index (χ4v) is 2.54. The molecule has 0 heterocycles. The lowest BCUT2D eigenvalue weighted by molar-refractivity contribution is -0.136. The van der Waals surface area contributed by atoms with Crippen molar-refractivity contribution in [3.05, 3.63) is 46.4 Å². The van der Waals surface area contributed by atoms with Crippen LogP contribution in [0, 0.1) is 0 Å². The number of carbonyl (C=O) groups is 2. The third-order valence-electron chi connectivity index (χ3n) is 3.29. The standard InChI is InChI=1S/C18H18BrN3O5/c1-3-27-15-9-11(8-12(19)16(15)23)10-20-22-18(25)17(24)21-13-6-4-5-7-14(13)26-2/h4-10,23H,3H2,1-2H3,(H,21,24)(H,22,25)/b20-10+. The van der Waals surface area contributed by atoms with Gasteiger partial charge in [-0.1, -0.05) is 12.1 Å². The molecule has 2 aromatic carbocycles. The van der Waals surface area contributed by atoms with Crippen LogP contribution < -0.4 is 20.2 Å². The molecule has 0 radical (unpaired) electrons. The number of anilines is 1. The van der Waals surface area contributed by atoms with E-state index in [1.165, 1.54) is 13.3 Å². The summed E-state index contributed by atoms with van der Waals surface area (Å²) < 4.78 is 10.8. The Balaban J connectivity index is 2.01. The van der Waals surface area contributed by atoms with Crippen LogP contribution in [0.2, 0.25) is 0 Å². The zero-order chi connectivity index (χ0) is 19.8. The molecule has 0 bridgehead atoms. The molecule has 8 nitrogen and oxygen atoms in total. The number of benzene rings is 2. The summed E-state index contributed by atoms with van der Waals surface area (Å²) in [5.74, 6) is -1.17. The molecule has 0 aliphatic rings. The maximum atomic E-state index is 11.9. The number of nitrogens with zero attached hydrogens (tertiary/aromatic N) is 1. The second-order valence-electron chi connectivity index (χ2n) is 5.14. The first-order chi connectivity index (χ1) is 13.0. The van der Waals surface area contributed by atoms with Gasteiger partial charge in [-0.15, -0.1) is 0 Å². The zero-order valence-electron chi connectivity index (χ0n) is 14.7. The molecule has 27 heavy (non-hydrogen) atoms. The molecule has 142 valence electrons. The molecule has 0 unspecified atom stereocenters. The monoisotopic (exact) mass is 435 g/mol. The van der Waals surface area contributed by atoms with E-state index >= 15 is 0 Å². The highest BCUT2D eigenvalue weighted by molar-refractivity contribution is 9.10. The van der Waals surface area contributed by atoms with Gasteiger partial charge in [0.25, 0.3) is 0 Å². The van der Waals surface area contributed by atoms with Crippen LogP contribution in [0.25, 0.3) is 0 Å². The maximum absolute atomic E-state index is 11.9. The number of halogens is 1. The van der Waals surface area contributed by atoms with Gasteiger partial charge in [-0.05, 0) is 52.7 Å². The van der Waals surface area contributed by atoms with Gasteiger partial charge < -0.3 is 19.9 Å². The van der Waals surface area contributed by atoms with Crippen molar-refractivity contribution in [3.63, 3.8) is 0 Å². The van der Waals surface area contributed by atoms with Gasteiger partial charge in [-0.2, -0.15) is 5.10 Å². The Morgan fingerprint density at radius 3 is 2.67 bits per heavy atom. The Bertz CT molecular complexity index is 870. The van der Waals surface area contributed by atoms with Crippen molar-refractivity contribution in [3.8, 4) is 17.2 Å². The van der Waals surface area contributed by atoms with Crippen molar-refractivity contribution in [1.29, 1.82) is 0 Å². The third-order valence-corrected chi connectivity index (χ3v) is 3.90. The Labute approximate surface area is 164 Å². The number of phenols is 1. The van der Waals surface area contributed by atoms with E-state index in [4.69, 9.17) is 9.47 Å². The molecule has 0 fully saturated rings. The lowest BCUT2D eigenvalue weighted by Crippen LogP contribution is -2.32. The summed E-state index contributed by atoms with van der Waals surface area (Å²) >= 11 is 3.21. The number of para-hydroxylation sites is 2. The van der Waals surface area contributed by atoms with Gasteiger partial charge in [0.2, 0.25) is 0 Å². The summed E-state index contributed by atoms with van der Waals surface area (Å²) in [4.78, 5) is 23.8. The predicted octanol–water partition coefficient (Wildman–Crippen LogP) is 2.65. The van der Waals surface area contributed by atoms with E-state index in [1.54, 1.807) is 43.3 Å². The van der Waals surface area contributed by atoms with Crippen LogP contribution in [0.5, 0.6) is 17.2 Å². The molecule has 0 aliphatic carbocycles. The molecule has 3 N–H and O–H groups in total. The summed E-state index contributed by atoms with van der Waals surface area (Å²) in [5.41, 5.74) is 3.05. The number of hydrazone groups is 1. The van der Waals surface area contributed by atoms with Gasteiger partial charge in [-0.25, -0.2) is 5.43 Å². The summed E-state index contributed by atoms with van der Waals surface area (Å²) in [6.45, 7) is 2.16. The van der Waals surface area contributed by atoms with Gasteiger partial charge in [0.1, 0.15) is 5.75 Å². The predicted molar refractivity (Wildman–Crippen MR) is 104 cm³/mol. The van der Waals surface area contributed by atoms with E-state index in [1.807, 2.05) is 0 Å². The minimum Gasteiger partial charge on any atom is -0.503 e. The molecule has 0 saturated heterocycles. The lowest BCUT2D eigenvalue weighted by atomic mass is 10.2. The second-order valence-corrected chi connectivity index (χ2v) is 5.99. The summed E-state index contributed by atoms with van der Waals surface area (Å²) in [6.07, 6.45) is 1.32. The molecule has 2 aromatic rings. The Hall–Kier alpha value is -3.07. The highest BCUT2D eigenvalue weighted by atomic mass is 79.9. The van der Waals surface area contributed by atoms with E-state index < -0.39 is 11.8 Å². The largest absolute Gasteiger partial charge is 0.503 e. The molecule has 0 aliphatic heterocycles. The number of hydrogen-bond donors (Lipinski definition) is 3. The molecule has 0 aromatic heterocycles. The minimum atomic E-state index is -0.944. The van der Waals surface area contributed by atoms with Crippen LogP contribution in [0.15, 0.2) is 46.0 Å². The second kappa shape index (κ2) is 9.58. The molecule has 9 heteroatoms. The van der Waals surface area contributed by atoms with E-state index in [2.05, 4.69) is 31.8 Å². The van der Waals surface area contributed by atoms with Crippen LogP contribution in [0.3, 0.4) is 0 Å². The van der Waals surface area contributed by atoms with Crippen LogP contribution >= 0.6 is 15.9 Å². The zero-order valence-corrected chi connectivity index (χ0v) is 16.2. The lowest BCUT2D eigenvalue weighted by Gasteiger charge is -2.09. The Morgan fingerprint density at radius 2 is 1.96 bits per heavy atom. The first kappa shape index (κ1) is 20.2. The van der Waals surface area contributed by atoms with Crippen molar-refractivity contribution >= 4 is 39.6 Å². The molecule has 0 spiro atoms. The first-order valence-corrected chi connectivity index (χ1v) is 8.68. The molecular weight excluding hydrogens is 418 g/mol. The first-order valence-electron chi connectivity index (χ1n) is 7.89. The van der Waals surface area contributed by atoms with Crippen LogP contribution in [-0.4, -0.2) is 36.9 Å². The average Bonchev–Trinajstić information content (AvgIpc) is 2.66. The van der Waals surface area contributed by atoms with E-state index in [0.29, 0.717) is 28.1 Å². The molecule has 2 amide bonds. The SMILES string of the molecule is CCOc1cc(/C=N/NC(=O)C(=O)Nc2ccccc2OC)cc(Br)c1O. The number of ether oxygens (including phenoxy) is 2. The van der Waals surface area contributed by atoms with Gasteiger partial charge in [0, 0.05) is 0 Å². The number of carbonyl (C=O) groups excluding carboxylic acids is 2. The van der Waals surface area contributed by atoms with Crippen molar-refractivity contribution < 1.29 is 24.2 Å². The number of amides is 2. The fourth-order valence-electron chi connectivity index (χ4n) is 2.08. The maximum Gasteiger partial charge on any atom is 0.329 e. The number of aromatic hydroxyl groups is 1. The van der Waals surface area contributed by atoms with Crippen molar-refractivity contribution in [2.45, 2.75) is 6.92 Å². The number of rotatable bonds is 6. The van der Waals surface area contributed by atoms with Gasteiger partial charge in [0.15, 0.2) is 11.5 Å². The molecule has 0 saturated carbocycles. The topological polar surface area (TPSA) is 109 Å². The molecule has 0 atom stereocenters. The Morgan fingerprint density at radius 1 is 1.22 bits per heavy atom. The van der Waals surface area contributed by atoms with Crippen LogP contribution in [0.4, 0.5) is 5.69 Å². The van der Waals surface area contributed by atoms with Crippen molar-refractivity contribution in [2.24, 2.45) is 5.10 Å².